The van der Waals surface area contributed by atoms with E-state index in [1.54, 1.807) is 0 Å². The van der Waals surface area contributed by atoms with E-state index in [9.17, 15) is 5.26 Å². The van der Waals surface area contributed by atoms with Crippen LogP contribution in [0.5, 0.6) is 11.5 Å². The number of ether oxygens (including phenoxy) is 1. The summed E-state index contributed by atoms with van der Waals surface area (Å²) in [6, 6.07) is 19.8. The fourth-order valence-electron chi connectivity index (χ4n) is 3.57. The van der Waals surface area contributed by atoms with Crippen molar-refractivity contribution >= 4 is 23.2 Å². The molecule has 0 N–H and O–H groups in total. The first-order chi connectivity index (χ1) is 11.9. The third-order valence-electron chi connectivity index (χ3n) is 5.00. The van der Waals surface area contributed by atoms with Crippen LogP contribution in [-0.2, 0) is 0 Å². The second-order valence-corrected chi connectivity index (χ2v) is 7.93. The van der Waals surface area contributed by atoms with E-state index in [1.807, 2.05) is 60.7 Å². The normalized spacial score (nSPS) is 21.7. The highest BCUT2D eigenvalue weighted by Crippen LogP contribution is 2.65. The van der Waals surface area contributed by atoms with Gasteiger partial charge in [0.25, 0.3) is 0 Å². The zero-order valence-corrected chi connectivity index (χ0v) is 15.6. The maximum absolute atomic E-state index is 9.78. The molecule has 1 aliphatic rings. The summed E-state index contributed by atoms with van der Waals surface area (Å²) in [5, 5.41) is 9.78. The monoisotopic (exact) mass is 371 g/mol. The minimum absolute atomic E-state index is 0.00822. The Bertz CT molecular complexity index is 819. The molecule has 1 fully saturated rings. The van der Waals surface area contributed by atoms with Gasteiger partial charge in [-0.15, -0.1) is 0 Å². The summed E-state index contributed by atoms with van der Waals surface area (Å²) in [7, 11) is 0. The lowest BCUT2D eigenvalue weighted by Crippen LogP contribution is -2.03. The fraction of sp³-hybridized carbons (Fsp3) is 0.286. The average molecular weight is 372 g/mol. The summed E-state index contributed by atoms with van der Waals surface area (Å²) >= 11 is 11.7. The molecule has 0 radical (unpaired) electrons. The Kier molecular flexibility index (Phi) is 5.08. The predicted octanol–water partition coefficient (Wildman–Crippen LogP) is 6.68. The number of nitrogens with zero attached hydrogens (tertiary/aromatic N) is 1. The molecule has 2 aromatic rings. The first-order valence-corrected chi connectivity index (χ1v) is 8.94. The van der Waals surface area contributed by atoms with Gasteiger partial charge < -0.3 is 4.74 Å². The molecule has 128 valence electrons. The van der Waals surface area contributed by atoms with Gasteiger partial charge in [0.1, 0.15) is 16.0 Å². The van der Waals surface area contributed by atoms with Crippen molar-refractivity contribution in [3.05, 3.63) is 70.7 Å². The molecular formula is C21H19Cl2NO. The number of rotatable bonds is 5. The summed E-state index contributed by atoms with van der Waals surface area (Å²) in [6.45, 7) is 4.29. The van der Waals surface area contributed by atoms with Crippen molar-refractivity contribution in [1.82, 2.24) is 0 Å². The molecule has 0 amide bonds. The lowest BCUT2D eigenvalue weighted by molar-refractivity contribution is 0.479. The van der Waals surface area contributed by atoms with Gasteiger partial charge in [-0.3, -0.25) is 0 Å². The molecule has 0 spiro atoms. The number of hydrogen-bond donors (Lipinski definition) is 0. The van der Waals surface area contributed by atoms with E-state index in [1.165, 1.54) is 0 Å². The van der Waals surface area contributed by atoms with Crippen LogP contribution in [0.25, 0.3) is 0 Å². The molecule has 4 heteroatoms. The number of para-hydroxylation sites is 1. The summed E-state index contributed by atoms with van der Waals surface area (Å²) in [6.07, 6.45) is 1.85. The largest absolute Gasteiger partial charge is 0.457 e. The molecule has 0 aromatic heterocycles. The summed E-state index contributed by atoms with van der Waals surface area (Å²) in [4.78, 5) is 0. The van der Waals surface area contributed by atoms with Gasteiger partial charge in [0, 0.05) is 0 Å². The Labute approximate surface area is 158 Å². The van der Waals surface area contributed by atoms with Crippen molar-refractivity contribution in [2.45, 2.75) is 19.8 Å². The van der Waals surface area contributed by atoms with Crippen LogP contribution in [0.4, 0.5) is 0 Å². The van der Waals surface area contributed by atoms with E-state index in [-0.39, 0.29) is 27.7 Å². The highest BCUT2D eigenvalue weighted by molar-refractivity contribution is 6.55. The first kappa shape index (κ1) is 17.9. The predicted molar refractivity (Wildman–Crippen MR) is 102 cm³/mol. The maximum Gasteiger partial charge on any atom is 0.127 e. The highest BCUT2D eigenvalue weighted by Gasteiger charge is 2.60. The van der Waals surface area contributed by atoms with Gasteiger partial charge in [0.05, 0.1) is 12.0 Å². The number of halogens is 2. The molecule has 25 heavy (non-hydrogen) atoms. The zero-order chi connectivity index (χ0) is 18.0. The van der Waals surface area contributed by atoms with Crippen molar-refractivity contribution < 1.29 is 4.74 Å². The molecule has 0 saturated heterocycles. The summed E-state index contributed by atoms with van der Waals surface area (Å²) < 4.78 is 6.16. The van der Waals surface area contributed by atoms with Crippen molar-refractivity contribution in [2.24, 2.45) is 17.3 Å². The smallest absolute Gasteiger partial charge is 0.127 e. The van der Waals surface area contributed by atoms with Crippen molar-refractivity contribution in [3.8, 4) is 17.6 Å². The first-order valence-electron chi connectivity index (χ1n) is 8.19. The van der Waals surface area contributed by atoms with E-state index in [2.05, 4.69) is 19.9 Å². The quantitative estimate of drug-likeness (QED) is 0.587. The van der Waals surface area contributed by atoms with E-state index >= 15 is 0 Å². The SMILES string of the molecule is CC1(C)[C@@H]([C@H](C#N)c2cccc(Oc3ccccc3)c2)[C@H]1C=C(Cl)Cl. The van der Waals surface area contributed by atoms with Crippen molar-refractivity contribution in [1.29, 1.82) is 5.26 Å². The molecule has 3 atom stereocenters. The van der Waals surface area contributed by atoms with Crippen LogP contribution in [0.1, 0.15) is 25.3 Å². The molecule has 3 rings (SSSR count). The lowest BCUT2D eigenvalue weighted by Gasteiger charge is -2.13. The van der Waals surface area contributed by atoms with Gasteiger partial charge in [-0.25, -0.2) is 0 Å². The Balaban J connectivity index is 1.84. The zero-order valence-electron chi connectivity index (χ0n) is 14.1. The Morgan fingerprint density at radius 2 is 1.80 bits per heavy atom. The van der Waals surface area contributed by atoms with Gasteiger partial charge in [-0.1, -0.05) is 73.5 Å². The van der Waals surface area contributed by atoms with Crippen LogP contribution >= 0.6 is 23.2 Å². The van der Waals surface area contributed by atoms with E-state index in [0.717, 1.165) is 17.1 Å². The van der Waals surface area contributed by atoms with E-state index in [0.29, 0.717) is 0 Å². The molecule has 1 saturated carbocycles. The minimum atomic E-state index is -0.233. The topological polar surface area (TPSA) is 33.0 Å². The molecule has 0 unspecified atom stereocenters. The summed E-state index contributed by atoms with van der Waals surface area (Å²) in [5.74, 6) is 1.64. The van der Waals surface area contributed by atoms with Crippen molar-refractivity contribution in [2.75, 3.05) is 0 Å². The minimum Gasteiger partial charge on any atom is -0.457 e. The van der Waals surface area contributed by atoms with Crippen LogP contribution in [0.2, 0.25) is 0 Å². The van der Waals surface area contributed by atoms with Crippen LogP contribution in [0.3, 0.4) is 0 Å². The number of nitriles is 1. The van der Waals surface area contributed by atoms with Gasteiger partial charge in [-0.05, 0) is 47.1 Å². The third kappa shape index (κ3) is 3.84. The number of hydrogen-bond acceptors (Lipinski definition) is 2. The van der Waals surface area contributed by atoms with Gasteiger partial charge in [0.15, 0.2) is 0 Å². The third-order valence-corrected chi connectivity index (χ3v) is 5.25. The van der Waals surface area contributed by atoms with Crippen LogP contribution in [-0.4, -0.2) is 0 Å². The number of benzene rings is 2. The number of allylic oxidation sites excluding steroid dienone is 1. The van der Waals surface area contributed by atoms with Gasteiger partial charge in [0.2, 0.25) is 0 Å². The molecule has 0 aliphatic heterocycles. The van der Waals surface area contributed by atoms with Crippen LogP contribution in [0, 0.1) is 28.6 Å². The standard InChI is InChI=1S/C21H19Cl2NO/c1-21(2)18(12-19(22)23)20(21)17(13-24)14-7-6-10-16(11-14)25-15-8-4-3-5-9-15/h3-12,17-18,20H,1-2H3/t17-,18-,20+/m1/s1. The fourth-order valence-corrected chi connectivity index (χ4v) is 3.84. The van der Waals surface area contributed by atoms with Crippen molar-refractivity contribution in [3.63, 3.8) is 0 Å². The maximum atomic E-state index is 9.78. The van der Waals surface area contributed by atoms with E-state index in [4.69, 9.17) is 27.9 Å². The molecule has 2 nitrogen and oxygen atoms in total. The molecule has 1 aliphatic carbocycles. The lowest BCUT2D eigenvalue weighted by atomic mass is 9.91. The van der Waals surface area contributed by atoms with Gasteiger partial charge >= 0.3 is 0 Å². The molecule has 0 heterocycles. The second-order valence-electron chi connectivity index (χ2n) is 6.92. The molecule has 0 bridgehead atoms. The van der Waals surface area contributed by atoms with Crippen LogP contribution in [0.15, 0.2) is 65.2 Å². The second kappa shape index (κ2) is 7.12. The van der Waals surface area contributed by atoms with E-state index < -0.39 is 0 Å². The summed E-state index contributed by atoms with van der Waals surface area (Å²) in [5.41, 5.74) is 0.946. The molecule has 2 aromatic carbocycles. The van der Waals surface area contributed by atoms with Crippen LogP contribution < -0.4 is 4.74 Å². The Morgan fingerprint density at radius 1 is 1.12 bits per heavy atom. The Morgan fingerprint density at radius 3 is 2.44 bits per heavy atom. The molecular weight excluding hydrogens is 353 g/mol. The highest BCUT2D eigenvalue weighted by atomic mass is 35.5. The average Bonchev–Trinajstić information content (AvgIpc) is 3.09. The Hall–Kier alpha value is -1.95. The van der Waals surface area contributed by atoms with Gasteiger partial charge in [-0.2, -0.15) is 5.26 Å².